The molecule has 0 N–H and O–H groups in total. The van der Waals surface area contributed by atoms with Crippen LogP contribution in [0.4, 0.5) is 5.69 Å². The Labute approximate surface area is 133 Å². The molecular formula is C16H16ClNO4. The van der Waals surface area contributed by atoms with Gasteiger partial charge in [0.15, 0.2) is 11.5 Å². The number of anilines is 1. The van der Waals surface area contributed by atoms with E-state index in [1.54, 1.807) is 36.3 Å². The van der Waals surface area contributed by atoms with E-state index in [0.717, 1.165) is 0 Å². The Morgan fingerprint density at radius 2 is 2.23 bits per heavy atom. The van der Waals surface area contributed by atoms with Gasteiger partial charge in [0.1, 0.15) is 18.5 Å². The number of nitrogens with zero attached hydrogens (tertiary/aromatic N) is 1. The molecule has 0 saturated carbocycles. The Kier molecular flexibility index (Phi) is 4.09. The van der Waals surface area contributed by atoms with E-state index in [2.05, 4.69) is 0 Å². The van der Waals surface area contributed by atoms with E-state index >= 15 is 0 Å². The minimum atomic E-state index is -0.221. The minimum absolute atomic E-state index is 0.148. The number of halogens is 1. The number of hydrogen-bond acceptors (Lipinski definition) is 4. The largest absolute Gasteiger partial charge is 0.485 e. The van der Waals surface area contributed by atoms with Gasteiger partial charge in [-0.2, -0.15) is 0 Å². The van der Waals surface area contributed by atoms with Crippen LogP contribution in [-0.4, -0.2) is 25.7 Å². The molecule has 1 aliphatic rings. The van der Waals surface area contributed by atoms with Crippen molar-refractivity contribution in [3.8, 4) is 5.75 Å². The Morgan fingerprint density at radius 1 is 1.41 bits per heavy atom. The summed E-state index contributed by atoms with van der Waals surface area (Å²) in [6.45, 7) is 2.66. The normalized spacial score (nSPS) is 17.0. The number of fused-ring (bicyclic) bond motifs is 1. The van der Waals surface area contributed by atoms with Gasteiger partial charge < -0.3 is 13.9 Å². The van der Waals surface area contributed by atoms with Crippen LogP contribution in [0.3, 0.4) is 0 Å². The van der Waals surface area contributed by atoms with Crippen molar-refractivity contribution in [2.45, 2.75) is 19.6 Å². The number of benzene rings is 1. The summed E-state index contributed by atoms with van der Waals surface area (Å²) in [4.78, 5) is 14.4. The minimum Gasteiger partial charge on any atom is -0.485 e. The van der Waals surface area contributed by atoms with Crippen molar-refractivity contribution in [3.05, 3.63) is 46.9 Å². The van der Waals surface area contributed by atoms with Crippen molar-refractivity contribution in [2.75, 3.05) is 18.6 Å². The predicted octanol–water partition coefficient (Wildman–Crippen LogP) is 3.51. The summed E-state index contributed by atoms with van der Waals surface area (Å²) in [5, 5.41) is 0.487. The molecule has 1 aromatic carbocycles. The van der Waals surface area contributed by atoms with Crippen LogP contribution in [0.5, 0.6) is 5.75 Å². The van der Waals surface area contributed by atoms with Gasteiger partial charge >= 0.3 is 0 Å². The lowest BCUT2D eigenvalue weighted by Gasteiger charge is -2.33. The summed E-state index contributed by atoms with van der Waals surface area (Å²) in [6, 6.07) is 8.73. The fourth-order valence-electron chi connectivity index (χ4n) is 2.46. The zero-order chi connectivity index (χ0) is 15.7. The summed E-state index contributed by atoms with van der Waals surface area (Å²) in [5.74, 6) is 1.19. The van der Waals surface area contributed by atoms with Crippen molar-refractivity contribution in [1.82, 2.24) is 0 Å². The van der Waals surface area contributed by atoms with Gasteiger partial charge in [0.05, 0.1) is 17.3 Å². The van der Waals surface area contributed by atoms with Crippen LogP contribution in [-0.2, 0) is 11.3 Å². The van der Waals surface area contributed by atoms with Crippen molar-refractivity contribution in [3.63, 3.8) is 0 Å². The standard InChI is InChI=1S/C16H16ClNO4/c1-10-8-18(13-5-3-4-12(17)15(13)21-10)16(19)14-7-6-11(22-14)9-20-2/h3-7,10H,8-9H2,1-2H3/t10-/m1/s1. The fraction of sp³-hybridized carbons (Fsp3) is 0.312. The lowest BCUT2D eigenvalue weighted by molar-refractivity contribution is 0.0926. The summed E-state index contributed by atoms with van der Waals surface area (Å²) >= 11 is 6.17. The second kappa shape index (κ2) is 6.02. The van der Waals surface area contributed by atoms with Crippen LogP contribution in [0.2, 0.25) is 5.02 Å². The first-order valence-corrected chi connectivity index (χ1v) is 7.32. The molecule has 0 saturated heterocycles. The molecule has 0 bridgehead atoms. The highest BCUT2D eigenvalue weighted by Gasteiger charge is 2.31. The first-order valence-electron chi connectivity index (χ1n) is 6.95. The highest BCUT2D eigenvalue weighted by atomic mass is 35.5. The van der Waals surface area contributed by atoms with Crippen molar-refractivity contribution >= 4 is 23.2 Å². The molecule has 0 aliphatic carbocycles. The number of hydrogen-bond donors (Lipinski definition) is 0. The Morgan fingerprint density at radius 3 is 3.00 bits per heavy atom. The number of ether oxygens (including phenoxy) is 2. The molecule has 22 heavy (non-hydrogen) atoms. The summed E-state index contributed by atoms with van der Waals surface area (Å²) in [7, 11) is 1.58. The molecule has 1 amide bonds. The summed E-state index contributed by atoms with van der Waals surface area (Å²) < 4.78 is 16.3. The molecule has 2 heterocycles. The first kappa shape index (κ1) is 14.9. The van der Waals surface area contributed by atoms with Gasteiger partial charge in [-0.15, -0.1) is 0 Å². The molecule has 0 spiro atoms. The van der Waals surface area contributed by atoms with Crippen molar-refractivity contribution < 1.29 is 18.7 Å². The van der Waals surface area contributed by atoms with Crippen LogP contribution in [0.25, 0.3) is 0 Å². The topological polar surface area (TPSA) is 51.9 Å². The van der Waals surface area contributed by atoms with Crippen LogP contribution < -0.4 is 9.64 Å². The predicted molar refractivity (Wildman–Crippen MR) is 82.6 cm³/mol. The first-order chi connectivity index (χ1) is 10.6. The van der Waals surface area contributed by atoms with E-state index in [0.29, 0.717) is 35.4 Å². The highest BCUT2D eigenvalue weighted by molar-refractivity contribution is 6.32. The quantitative estimate of drug-likeness (QED) is 0.868. The summed E-state index contributed by atoms with van der Waals surface area (Å²) in [6.07, 6.45) is -0.148. The van der Waals surface area contributed by atoms with Crippen molar-refractivity contribution in [2.24, 2.45) is 0 Å². The number of methoxy groups -OCH3 is 1. The van der Waals surface area contributed by atoms with Gasteiger partial charge in [-0.3, -0.25) is 9.69 Å². The van der Waals surface area contributed by atoms with Crippen molar-refractivity contribution in [1.29, 1.82) is 0 Å². The Hall–Kier alpha value is -1.98. The molecule has 3 rings (SSSR count). The SMILES string of the molecule is COCc1ccc(C(=O)N2C[C@@H](C)Oc3c(Cl)cccc32)o1. The maximum Gasteiger partial charge on any atom is 0.294 e. The zero-order valence-corrected chi connectivity index (χ0v) is 13.1. The second-order valence-electron chi connectivity index (χ2n) is 5.13. The van der Waals surface area contributed by atoms with E-state index in [1.807, 2.05) is 13.0 Å². The third-order valence-corrected chi connectivity index (χ3v) is 3.70. The molecule has 2 aromatic rings. The number of carbonyl (C=O) groups excluding carboxylic acids is 1. The average molecular weight is 322 g/mol. The van der Waals surface area contributed by atoms with Gasteiger partial charge in [-0.25, -0.2) is 0 Å². The Bertz CT molecular complexity index is 697. The smallest absolute Gasteiger partial charge is 0.294 e. The lowest BCUT2D eigenvalue weighted by Crippen LogP contribution is -2.42. The number of carbonyl (C=O) groups is 1. The lowest BCUT2D eigenvalue weighted by atomic mass is 10.2. The maximum atomic E-state index is 12.7. The molecule has 0 radical (unpaired) electrons. The van der Waals surface area contributed by atoms with E-state index in [4.69, 9.17) is 25.5 Å². The average Bonchev–Trinajstić information content (AvgIpc) is 2.96. The van der Waals surface area contributed by atoms with Crippen LogP contribution in [0.1, 0.15) is 23.2 Å². The number of para-hydroxylation sites is 1. The second-order valence-corrected chi connectivity index (χ2v) is 5.54. The van der Waals surface area contributed by atoms with E-state index in [9.17, 15) is 4.79 Å². The highest BCUT2D eigenvalue weighted by Crippen LogP contribution is 2.39. The molecule has 116 valence electrons. The zero-order valence-electron chi connectivity index (χ0n) is 12.3. The molecule has 5 nitrogen and oxygen atoms in total. The number of rotatable bonds is 3. The third-order valence-electron chi connectivity index (χ3n) is 3.40. The summed E-state index contributed by atoms with van der Waals surface area (Å²) in [5.41, 5.74) is 0.653. The van der Waals surface area contributed by atoms with Crippen LogP contribution in [0.15, 0.2) is 34.7 Å². The van der Waals surface area contributed by atoms with E-state index in [1.165, 1.54) is 0 Å². The van der Waals surface area contributed by atoms with Gasteiger partial charge in [0, 0.05) is 7.11 Å². The molecule has 0 fully saturated rings. The van der Waals surface area contributed by atoms with Crippen LogP contribution in [0, 0.1) is 0 Å². The molecule has 6 heteroatoms. The van der Waals surface area contributed by atoms with Gasteiger partial charge in [0.25, 0.3) is 5.91 Å². The van der Waals surface area contributed by atoms with Crippen LogP contribution >= 0.6 is 11.6 Å². The molecular weight excluding hydrogens is 306 g/mol. The molecule has 1 atom stereocenters. The van der Waals surface area contributed by atoms with E-state index < -0.39 is 0 Å². The molecule has 1 aliphatic heterocycles. The molecule has 1 aromatic heterocycles. The fourth-order valence-corrected chi connectivity index (χ4v) is 2.67. The number of furan rings is 1. The number of amides is 1. The monoisotopic (exact) mass is 321 g/mol. The third kappa shape index (κ3) is 2.69. The van der Waals surface area contributed by atoms with Gasteiger partial charge in [-0.05, 0) is 31.2 Å². The maximum absolute atomic E-state index is 12.7. The van der Waals surface area contributed by atoms with E-state index in [-0.39, 0.29) is 17.8 Å². The molecule has 0 unspecified atom stereocenters. The Balaban J connectivity index is 1.94. The van der Waals surface area contributed by atoms with Gasteiger partial charge in [-0.1, -0.05) is 17.7 Å². The van der Waals surface area contributed by atoms with Gasteiger partial charge in [0.2, 0.25) is 0 Å².